The van der Waals surface area contributed by atoms with E-state index in [0.29, 0.717) is 0 Å². The quantitative estimate of drug-likeness (QED) is 0.746. The molecular weight excluding hydrogens is 226 g/mol. The zero-order valence-corrected chi connectivity index (χ0v) is 10.3. The largest absolute Gasteiger partial charge is 0.336 e. The third kappa shape index (κ3) is 1.90. The lowest BCUT2D eigenvalue weighted by Crippen LogP contribution is -1.95. The maximum Gasteiger partial charge on any atom is 0.149 e. The van der Waals surface area contributed by atoms with Crippen LogP contribution in [-0.2, 0) is 7.05 Å². The fraction of sp³-hybridized carbons (Fsp3) is 0.154. The number of nitrogens with zero attached hydrogens (tertiary/aromatic N) is 4. The minimum absolute atomic E-state index is 0.727. The van der Waals surface area contributed by atoms with Gasteiger partial charge in [-0.05, 0) is 19.1 Å². The minimum Gasteiger partial charge on any atom is -0.336 e. The molecule has 90 valence electrons. The van der Waals surface area contributed by atoms with Gasteiger partial charge in [0.1, 0.15) is 5.82 Å². The maximum absolute atomic E-state index is 4.51. The molecule has 2 aromatic heterocycles. The Labute approximate surface area is 104 Å². The van der Waals surface area contributed by atoms with Gasteiger partial charge in [0, 0.05) is 13.2 Å². The zero-order chi connectivity index (χ0) is 12.5. The number of aromatic nitrogens is 4. The van der Waals surface area contributed by atoms with E-state index in [0.717, 1.165) is 28.2 Å². The molecule has 3 aromatic rings. The van der Waals surface area contributed by atoms with Gasteiger partial charge in [-0.1, -0.05) is 12.1 Å². The van der Waals surface area contributed by atoms with E-state index in [1.54, 1.807) is 10.9 Å². The number of hydrogen-bond acceptors (Lipinski definition) is 4. The summed E-state index contributed by atoms with van der Waals surface area (Å²) in [6.45, 7) is 1.96. The molecule has 0 bridgehead atoms. The number of nitrogens with one attached hydrogen (secondary N) is 1. The molecule has 5 heteroatoms. The molecule has 0 unspecified atom stereocenters. The van der Waals surface area contributed by atoms with Gasteiger partial charge in [0.15, 0.2) is 0 Å². The fourth-order valence-corrected chi connectivity index (χ4v) is 1.88. The number of fused-ring (bicyclic) bond motifs is 1. The summed E-state index contributed by atoms with van der Waals surface area (Å²) in [6.07, 6.45) is 3.65. The van der Waals surface area contributed by atoms with Crippen molar-refractivity contribution in [3.8, 4) is 0 Å². The molecule has 1 N–H and O–H groups in total. The smallest absolute Gasteiger partial charge is 0.149 e. The molecule has 0 aliphatic rings. The van der Waals surface area contributed by atoms with Crippen LogP contribution in [0.15, 0.2) is 36.7 Å². The summed E-state index contributed by atoms with van der Waals surface area (Å²) in [5, 5.41) is 7.50. The molecule has 0 aliphatic heterocycles. The second-order valence-electron chi connectivity index (χ2n) is 4.17. The second-order valence-corrected chi connectivity index (χ2v) is 4.17. The number of hydrogen-bond donors (Lipinski definition) is 1. The van der Waals surface area contributed by atoms with E-state index in [1.165, 1.54) is 0 Å². The predicted octanol–water partition coefficient (Wildman–Crippen LogP) is 2.42. The average molecular weight is 239 g/mol. The summed E-state index contributed by atoms with van der Waals surface area (Å²) < 4.78 is 1.77. The van der Waals surface area contributed by atoms with E-state index in [9.17, 15) is 0 Å². The standard InChI is InChI=1S/C13H13N5/c1-9-12(8-18(2)17-9)16-13-7-14-10-5-3-4-6-11(10)15-13/h3-8H,1-2H3,(H,15,16). The number of rotatable bonds is 2. The summed E-state index contributed by atoms with van der Waals surface area (Å²) in [5.41, 5.74) is 3.66. The van der Waals surface area contributed by atoms with Crippen LogP contribution in [-0.4, -0.2) is 19.7 Å². The molecular formula is C13H13N5. The van der Waals surface area contributed by atoms with Crippen molar-refractivity contribution < 1.29 is 0 Å². The lowest BCUT2D eigenvalue weighted by molar-refractivity contribution is 0.756. The van der Waals surface area contributed by atoms with Crippen molar-refractivity contribution >= 4 is 22.5 Å². The van der Waals surface area contributed by atoms with Crippen molar-refractivity contribution in [1.82, 2.24) is 19.7 Å². The molecule has 0 fully saturated rings. The predicted molar refractivity (Wildman–Crippen MR) is 70.8 cm³/mol. The molecule has 0 saturated heterocycles. The molecule has 1 aromatic carbocycles. The van der Waals surface area contributed by atoms with Crippen LogP contribution in [0.1, 0.15) is 5.69 Å². The Balaban J connectivity index is 1.97. The van der Waals surface area contributed by atoms with E-state index in [4.69, 9.17) is 0 Å². The summed E-state index contributed by atoms with van der Waals surface area (Å²) >= 11 is 0. The van der Waals surface area contributed by atoms with Gasteiger partial charge < -0.3 is 5.32 Å². The van der Waals surface area contributed by atoms with Crippen LogP contribution < -0.4 is 5.32 Å². The lowest BCUT2D eigenvalue weighted by atomic mass is 10.3. The first-order chi connectivity index (χ1) is 8.72. The molecule has 0 atom stereocenters. The van der Waals surface area contributed by atoms with E-state index in [2.05, 4.69) is 20.4 Å². The Kier molecular flexibility index (Phi) is 2.44. The van der Waals surface area contributed by atoms with E-state index in [1.807, 2.05) is 44.4 Å². The number of aryl methyl sites for hydroxylation is 2. The van der Waals surface area contributed by atoms with Crippen molar-refractivity contribution in [3.05, 3.63) is 42.4 Å². The van der Waals surface area contributed by atoms with Crippen molar-refractivity contribution in [2.24, 2.45) is 7.05 Å². The van der Waals surface area contributed by atoms with Crippen LogP contribution in [0.2, 0.25) is 0 Å². The Hall–Kier alpha value is -2.43. The minimum atomic E-state index is 0.727. The highest BCUT2D eigenvalue weighted by molar-refractivity contribution is 5.76. The van der Waals surface area contributed by atoms with Crippen LogP contribution in [0.4, 0.5) is 11.5 Å². The van der Waals surface area contributed by atoms with Crippen LogP contribution in [0.3, 0.4) is 0 Å². The van der Waals surface area contributed by atoms with Crippen LogP contribution in [0.5, 0.6) is 0 Å². The first kappa shape index (κ1) is 10.7. The summed E-state index contributed by atoms with van der Waals surface area (Å²) in [4.78, 5) is 8.87. The molecule has 0 spiro atoms. The molecule has 5 nitrogen and oxygen atoms in total. The molecule has 18 heavy (non-hydrogen) atoms. The lowest BCUT2D eigenvalue weighted by Gasteiger charge is -2.04. The van der Waals surface area contributed by atoms with Crippen molar-refractivity contribution in [2.45, 2.75) is 6.92 Å². The van der Waals surface area contributed by atoms with E-state index >= 15 is 0 Å². The number of para-hydroxylation sites is 2. The number of benzene rings is 1. The monoisotopic (exact) mass is 239 g/mol. The highest BCUT2D eigenvalue weighted by Gasteiger charge is 2.05. The average Bonchev–Trinajstić information content (AvgIpc) is 2.68. The first-order valence-corrected chi connectivity index (χ1v) is 5.71. The maximum atomic E-state index is 4.51. The number of anilines is 2. The van der Waals surface area contributed by atoms with Crippen LogP contribution in [0, 0.1) is 6.92 Å². The SMILES string of the molecule is Cc1nn(C)cc1Nc1cnc2ccccc2n1. The van der Waals surface area contributed by atoms with Crippen LogP contribution >= 0.6 is 0 Å². The summed E-state index contributed by atoms with van der Waals surface area (Å²) in [5.74, 6) is 0.727. The van der Waals surface area contributed by atoms with Crippen molar-refractivity contribution in [1.29, 1.82) is 0 Å². The Morgan fingerprint density at radius 1 is 1.17 bits per heavy atom. The molecule has 0 saturated carbocycles. The van der Waals surface area contributed by atoms with Crippen LogP contribution in [0.25, 0.3) is 11.0 Å². The Morgan fingerprint density at radius 2 is 1.94 bits per heavy atom. The molecule has 0 amide bonds. The van der Waals surface area contributed by atoms with Gasteiger partial charge in [-0.3, -0.25) is 9.67 Å². The molecule has 3 rings (SSSR count). The van der Waals surface area contributed by atoms with Gasteiger partial charge in [-0.25, -0.2) is 4.98 Å². The highest BCUT2D eigenvalue weighted by Crippen LogP contribution is 2.18. The third-order valence-electron chi connectivity index (χ3n) is 2.72. The van der Waals surface area contributed by atoms with E-state index < -0.39 is 0 Å². The van der Waals surface area contributed by atoms with Crippen molar-refractivity contribution in [3.63, 3.8) is 0 Å². The molecule has 0 aliphatic carbocycles. The topological polar surface area (TPSA) is 55.6 Å². The second kappa shape index (κ2) is 4.10. The van der Waals surface area contributed by atoms with Gasteiger partial charge in [-0.15, -0.1) is 0 Å². The first-order valence-electron chi connectivity index (χ1n) is 5.71. The van der Waals surface area contributed by atoms with Gasteiger partial charge in [0.25, 0.3) is 0 Å². The Bertz CT molecular complexity index is 701. The van der Waals surface area contributed by atoms with Gasteiger partial charge in [0.05, 0.1) is 28.6 Å². The van der Waals surface area contributed by atoms with Crippen molar-refractivity contribution in [2.75, 3.05) is 5.32 Å². The molecule has 2 heterocycles. The molecule has 0 radical (unpaired) electrons. The van der Waals surface area contributed by atoms with Gasteiger partial charge in [0.2, 0.25) is 0 Å². The third-order valence-corrected chi connectivity index (χ3v) is 2.72. The normalized spacial score (nSPS) is 10.8. The van der Waals surface area contributed by atoms with Gasteiger partial charge in [-0.2, -0.15) is 5.10 Å². The van der Waals surface area contributed by atoms with Gasteiger partial charge >= 0.3 is 0 Å². The highest BCUT2D eigenvalue weighted by atomic mass is 15.3. The summed E-state index contributed by atoms with van der Waals surface area (Å²) in [7, 11) is 1.89. The fourth-order valence-electron chi connectivity index (χ4n) is 1.88. The summed E-state index contributed by atoms with van der Waals surface area (Å²) in [6, 6.07) is 7.80. The van der Waals surface area contributed by atoms with E-state index in [-0.39, 0.29) is 0 Å². The zero-order valence-electron chi connectivity index (χ0n) is 10.3. The Morgan fingerprint density at radius 3 is 2.67 bits per heavy atom.